The average molecular weight is 396 g/mol. The summed E-state index contributed by atoms with van der Waals surface area (Å²) in [4.78, 5) is 23.2. The Bertz CT molecular complexity index is 656. The number of nitrogens with one attached hydrogen (secondary N) is 1. The highest BCUT2D eigenvalue weighted by atomic mass is 127. The molecule has 16 heavy (non-hydrogen) atoms. The molecule has 0 aliphatic carbocycles. The topological polar surface area (TPSA) is 59.8 Å². The van der Waals surface area contributed by atoms with E-state index in [-0.39, 0.29) is 0 Å². The minimum atomic E-state index is -0.444. The van der Waals surface area contributed by atoms with Crippen LogP contribution in [0.15, 0.2) is 32.3 Å². The van der Waals surface area contributed by atoms with E-state index in [1.165, 1.54) is 7.05 Å². The number of nitrogens with zero attached hydrogens (tertiary/aromatic N) is 2. The van der Waals surface area contributed by atoms with Gasteiger partial charge in [0.1, 0.15) is 0 Å². The third kappa shape index (κ3) is 1.88. The van der Waals surface area contributed by atoms with Crippen molar-refractivity contribution in [2.45, 2.75) is 0 Å². The largest absolute Gasteiger partial charge is 0.351 e. The summed E-state index contributed by atoms with van der Waals surface area (Å²) in [5, 5.41) is 2.40. The molecule has 1 heterocycles. The fourth-order valence-electron chi connectivity index (χ4n) is 1.33. The fraction of sp³-hybridized carbons (Fsp3) is 0.111. The standard InChI is InChI=1S/C9H7BrIN3O2/c1-13-9(16)14(8(15)12-13)5-2-3-7(11)6(10)4-5/h2-4H,1H3,(H,12,15). The number of rotatable bonds is 1. The first-order chi connectivity index (χ1) is 7.50. The molecule has 5 nitrogen and oxygen atoms in total. The molecule has 0 bridgehead atoms. The zero-order valence-electron chi connectivity index (χ0n) is 8.20. The molecule has 2 rings (SSSR count). The lowest BCUT2D eigenvalue weighted by Gasteiger charge is -2.01. The van der Waals surface area contributed by atoms with E-state index < -0.39 is 11.4 Å². The Balaban J connectivity index is 2.73. The highest BCUT2D eigenvalue weighted by Gasteiger charge is 2.09. The number of aromatic amines is 1. The average Bonchev–Trinajstić information content (AvgIpc) is 2.47. The van der Waals surface area contributed by atoms with Crippen molar-refractivity contribution in [1.82, 2.24) is 14.3 Å². The first-order valence-corrected chi connectivity index (χ1v) is 6.21. The Morgan fingerprint density at radius 1 is 1.38 bits per heavy atom. The van der Waals surface area contributed by atoms with E-state index in [4.69, 9.17) is 0 Å². The Morgan fingerprint density at radius 3 is 2.56 bits per heavy atom. The van der Waals surface area contributed by atoms with Crippen molar-refractivity contribution >= 4 is 38.5 Å². The Kier molecular flexibility index (Phi) is 3.06. The van der Waals surface area contributed by atoms with Crippen LogP contribution in [0.5, 0.6) is 0 Å². The van der Waals surface area contributed by atoms with Crippen LogP contribution in [-0.2, 0) is 7.05 Å². The lowest BCUT2D eigenvalue weighted by Crippen LogP contribution is -2.26. The van der Waals surface area contributed by atoms with Crippen LogP contribution in [0.3, 0.4) is 0 Å². The minimum Gasteiger partial charge on any atom is -0.246 e. The lowest BCUT2D eigenvalue weighted by atomic mass is 10.3. The molecule has 84 valence electrons. The maximum absolute atomic E-state index is 11.7. The summed E-state index contributed by atoms with van der Waals surface area (Å²) in [6.45, 7) is 0. The summed E-state index contributed by atoms with van der Waals surface area (Å²) in [5.41, 5.74) is -0.294. The second-order valence-corrected chi connectivity index (χ2v) is 5.21. The monoisotopic (exact) mass is 395 g/mol. The van der Waals surface area contributed by atoms with Gasteiger partial charge in [-0.3, -0.25) is 0 Å². The van der Waals surface area contributed by atoms with Crippen molar-refractivity contribution in [3.05, 3.63) is 47.2 Å². The van der Waals surface area contributed by atoms with Gasteiger partial charge in [-0.1, -0.05) is 0 Å². The fourth-order valence-corrected chi connectivity index (χ4v) is 2.03. The number of aromatic nitrogens is 3. The van der Waals surface area contributed by atoms with Gasteiger partial charge in [-0.15, -0.1) is 0 Å². The van der Waals surface area contributed by atoms with Crippen LogP contribution in [-0.4, -0.2) is 14.3 Å². The summed E-state index contributed by atoms with van der Waals surface area (Å²) in [5.74, 6) is 0. The molecule has 1 aromatic carbocycles. The predicted molar refractivity (Wildman–Crippen MR) is 72.0 cm³/mol. The summed E-state index contributed by atoms with van der Waals surface area (Å²) in [7, 11) is 1.50. The summed E-state index contributed by atoms with van der Waals surface area (Å²) in [6.07, 6.45) is 0. The van der Waals surface area contributed by atoms with Crippen molar-refractivity contribution in [3.8, 4) is 5.69 Å². The van der Waals surface area contributed by atoms with Crippen LogP contribution >= 0.6 is 38.5 Å². The Morgan fingerprint density at radius 2 is 2.06 bits per heavy atom. The zero-order chi connectivity index (χ0) is 11.9. The number of benzene rings is 1. The third-order valence-electron chi connectivity index (χ3n) is 2.11. The molecular weight excluding hydrogens is 389 g/mol. The van der Waals surface area contributed by atoms with Crippen LogP contribution in [0, 0.1) is 3.57 Å². The molecule has 0 saturated carbocycles. The molecule has 1 aromatic heterocycles. The van der Waals surface area contributed by atoms with Gasteiger partial charge in [0.25, 0.3) is 0 Å². The predicted octanol–water partition coefficient (Wildman–Crippen LogP) is 1.23. The van der Waals surface area contributed by atoms with Gasteiger partial charge in [-0.05, 0) is 56.7 Å². The molecule has 0 atom stereocenters. The van der Waals surface area contributed by atoms with E-state index in [1.54, 1.807) is 12.1 Å². The van der Waals surface area contributed by atoms with Crippen LogP contribution in [0.25, 0.3) is 5.69 Å². The molecule has 0 aliphatic heterocycles. The van der Waals surface area contributed by atoms with Crippen LogP contribution in [0.4, 0.5) is 0 Å². The summed E-state index contributed by atoms with van der Waals surface area (Å²) < 4.78 is 4.09. The molecule has 0 radical (unpaired) electrons. The van der Waals surface area contributed by atoms with Gasteiger partial charge in [-0.25, -0.2) is 23.9 Å². The SMILES string of the molecule is Cn1[nH]c(=O)n(-c2ccc(I)c(Br)c2)c1=O. The Hall–Kier alpha value is -0.830. The third-order valence-corrected chi connectivity index (χ3v) is 4.44. The summed E-state index contributed by atoms with van der Waals surface area (Å²) >= 11 is 5.51. The van der Waals surface area contributed by atoms with Crippen LogP contribution in [0.2, 0.25) is 0 Å². The number of halogens is 2. The van der Waals surface area contributed by atoms with Crippen molar-refractivity contribution in [3.63, 3.8) is 0 Å². The molecule has 0 unspecified atom stereocenters. The molecular formula is C9H7BrIN3O2. The molecule has 0 spiro atoms. The maximum Gasteiger partial charge on any atom is 0.351 e. The van der Waals surface area contributed by atoms with Crippen LogP contribution in [0.1, 0.15) is 0 Å². The maximum atomic E-state index is 11.7. The van der Waals surface area contributed by atoms with Gasteiger partial charge < -0.3 is 0 Å². The van der Waals surface area contributed by atoms with E-state index in [9.17, 15) is 9.59 Å². The first kappa shape index (κ1) is 11.6. The zero-order valence-corrected chi connectivity index (χ0v) is 11.9. The lowest BCUT2D eigenvalue weighted by molar-refractivity contribution is 0.723. The summed E-state index contributed by atoms with van der Waals surface area (Å²) in [6, 6.07) is 5.29. The van der Waals surface area contributed by atoms with E-state index >= 15 is 0 Å². The van der Waals surface area contributed by atoms with Crippen LogP contribution < -0.4 is 11.4 Å². The number of hydrogen-bond donors (Lipinski definition) is 1. The highest BCUT2D eigenvalue weighted by Crippen LogP contribution is 2.20. The van der Waals surface area contributed by atoms with Gasteiger partial charge in [0.15, 0.2) is 0 Å². The van der Waals surface area contributed by atoms with Gasteiger partial charge >= 0.3 is 11.4 Å². The second kappa shape index (κ2) is 4.21. The number of H-pyrrole nitrogens is 1. The molecule has 7 heteroatoms. The van der Waals surface area contributed by atoms with Crippen molar-refractivity contribution in [2.24, 2.45) is 7.05 Å². The van der Waals surface area contributed by atoms with Crippen molar-refractivity contribution in [1.29, 1.82) is 0 Å². The van der Waals surface area contributed by atoms with Crippen molar-refractivity contribution < 1.29 is 0 Å². The normalized spacial score (nSPS) is 10.7. The van der Waals surface area contributed by atoms with E-state index in [2.05, 4.69) is 43.6 Å². The number of hydrogen-bond acceptors (Lipinski definition) is 2. The smallest absolute Gasteiger partial charge is 0.246 e. The second-order valence-electron chi connectivity index (χ2n) is 3.19. The quantitative estimate of drug-likeness (QED) is 0.738. The van der Waals surface area contributed by atoms with Gasteiger partial charge in [-0.2, -0.15) is 0 Å². The molecule has 0 fully saturated rings. The molecule has 0 amide bonds. The van der Waals surface area contributed by atoms with E-state index in [0.717, 1.165) is 17.3 Å². The molecule has 0 aliphatic rings. The van der Waals surface area contributed by atoms with Gasteiger partial charge in [0, 0.05) is 15.1 Å². The van der Waals surface area contributed by atoms with E-state index in [0.29, 0.717) is 5.69 Å². The highest BCUT2D eigenvalue weighted by molar-refractivity contribution is 14.1. The van der Waals surface area contributed by atoms with Gasteiger partial charge in [0.2, 0.25) is 0 Å². The van der Waals surface area contributed by atoms with Crippen molar-refractivity contribution in [2.75, 3.05) is 0 Å². The number of aryl methyl sites for hydroxylation is 1. The molecule has 0 saturated heterocycles. The van der Waals surface area contributed by atoms with E-state index in [1.807, 2.05) is 6.07 Å². The molecule has 1 N–H and O–H groups in total. The minimum absolute atomic E-state index is 0.391. The van der Waals surface area contributed by atoms with Gasteiger partial charge in [0.05, 0.1) is 5.69 Å². The first-order valence-electron chi connectivity index (χ1n) is 4.34. The molecule has 2 aromatic rings. The Labute approximate surface area is 112 Å².